The van der Waals surface area contributed by atoms with Gasteiger partial charge in [-0.05, 0) is 42.2 Å². The van der Waals surface area contributed by atoms with Gasteiger partial charge in [-0.3, -0.25) is 9.59 Å². The van der Waals surface area contributed by atoms with E-state index < -0.39 is 0 Å². The maximum atomic E-state index is 12.7. The van der Waals surface area contributed by atoms with Crippen molar-refractivity contribution in [3.05, 3.63) is 48.5 Å². The molecule has 6 heteroatoms. The summed E-state index contributed by atoms with van der Waals surface area (Å²) in [6, 6.07) is 14.9. The van der Waals surface area contributed by atoms with Crippen molar-refractivity contribution in [1.82, 2.24) is 0 Å². The molecule has 2 amide bonds. The Morgan fingerprint density at radius 2 is 1.69 bits per heavy atom. The number of hydrogen-bond donors (Lipinski definition) is 2. The van der Waals surface area contributed by atoms with E-state index >= 15 is 0 Å². The Kier molecular flexibility index (Phi) is 8.14. The average Bonchev–Trinajstić information content (AvgIpc) is 2.64. The van der Waals surface area contributed by atoms with E-state index in [4.69, 9.17) is 4.74 Å². The molecular formula is C23H30N2O3S. The van der Waals surface area contributed by atoms with Crippen molar-refractivity contribution in [2.24, 2.45) is 5.41 Å². The highest BCUT2D eigenvalue weighted by molar-refractivity contribution is 8.00. The third-order valence-electron chi connectivity index (χ3n) is 4.09. The van der Waals surface area contributed by atoms with Gasteiger partial charge in [-0.25, -0.2) is 0 Å². The molecule has 156 valence electrons. The third-order valence-corrected chi connectivity index (χ3v) is 5.45. The molecule has 2 rings (SSSR count). The number of amides is 2. The number of anilines is 2. The van der Waals surface area contributed by atoms with Gasteiger partial charge in [0.15, 0.2) is 0 Å². The lowest BCUT2D eigenvalue weighted by Gasteiger charge is -2.18. The van der Waals surface area contributed by atoms with E-state index in [-0.39, 0.29) is 22.5 Å². The lowest BCUT2D eigenvalue weighted by atomic mass is 9.92. The number of nitrogens with one attached hydrogen (secondary N) is 2. The van der Waals surface area contributed by atoms with Gasteiger partial charge in [0.2, 0.25) is 11.8 Å². The van der Waals surface area contributed by atoms with Gasteiger partial charge in [0, 0.05) is 28.8 Å². The minimum atomic E-state index is -0.248. The predicted molar refractivity (Wildman–Crippen MR) is 121 cm³/mol. The van der Waals surface area contributed by atoms with Crippen molar-refractivity contribution in [3.8, 4) is 5.75 Å². The minimum Gasteiger partial charge on any atom is -0.497 e. The molecule has 2 aromatic rings. The zero-order valence-corrected chi connectivity index (χ0v) is 18.6. The molecule has 0 aliphatic heterocycles. The van der Waals surface area contributed by atoms with E-state index in [9.17, 15) is 9.59 Å². The van der Waals surface area contributed by atoms with Crippen molar-refractivity contribution in [2.45, 2.75) is 50.7 Å². The molecule has 29 heavy (non-hydrogen) atoms. The molecule has 0 bridgehead atoms. The molecule has 0 heterocycles. The van der Waals surface area contributed by atoms with Crippen molar-refractivity contribution < 1.29 is 14.3 Å². The molecule has 0 fully saturated rings. The zero-order valence-electron chi connectivity index (χ0n) is 17.7. The molecule has 0 saturated heterocycles. The quantitative estimate of drug-likeness (QED) is 0.553. The second-order valence-corrected chi connectivity index (χ2v) is 9.33. The molecule has 1 unspecified atom stereocenters. The van der Waals surface area contributed by atoms with Crippen molar-refractivity contribution in [2.75, 3.05) is 17.7 Å². The van der Waals surface area contributed by atoms with E-state index in [1.807, 2.05) is 70.2 Å². The number of carbonyl (C=O) groups excluding carboxylic acids is 2. The average molecular weight is 415 g/mol. The van der Waals surface area contributed by atoms with Crippen LogP contribution in [0.1, 0.15) is 40.5 Å². The van der Waals surface area contributed by atoms with Crippen molar-refractivity contribution in [3.63, 3.8) is 0 Å². The van der Waals surface area contributed by atoms with Gasteiger partial charge in [0.1, 0.15) is 5.75 Å². The summed E-state index contributed by atoms with van der Waals surface area (Å²) in [6.07, 6.45) is 1.13. The number of rotatable bonds is 8. The van der Waals surface area contributed by atoms with Crippen LogP contribution in [0.5, 0.6) is 5.75 Å². The van der Waals surface area contributed by atoms with Gasteiger partial charge in [0.25, 0.3) is 0 Å². The van der Waals surface area contributed by atoms with Gasteiger partial charge in [0.05, 0.1) is 12.4 Å². The second kappa shape index (κ2) is 10.3. The van der Waals surface area contributed by atoms with Gasteiger partial charge in [-0.1, -0.05) is 39.8 Å². The number of thioether (sulfide) groups is 1. The lowest BCUT2D eigenvalue weighted by Crippen LogP contribution is -2.24. The molecule has 1 atom stereocenters. The highest BCUT2D eigenvalue weighted by Crippen LogP contribution is 2.29. The molecular weight excluding hydrogens is 384 g/mol. The Morgan fingerprint density at radius 1 is 1.03 bits per heavy atom. The molecule has 2 N–H and O–H groups in total. The Hall–Kier alpha value is -2.47. The van der Waals surface area contributed by atoms with Crippen LogP contribution in [-0.2, 0) is 9.59 Å². The smallest absolute Gasteiger partial charge is 0.237 e. The summed E-state index contributed by atoms with van der Waals surface area (Å²) >= 11 is 1.49. The number of benzene rings is 2. The van der Waals surface area contributed by atoms with Crippen LogP contribution in [0.15, 0.2) is 53.4 Å². The van der Waals surface area contributed by atoms with Crippen LogP contribution < -0.4 is 15.4 Å². The van der Waals surface area contributed by atoms with Crippen LogP contribution in [0.2, 0.25) is 0 Å². The largest absolute Gasteiger partial charge is 0.497 e. The van der Waals surface area contributed by atoms with Crippen molar-refractivity contribution in [1.29, 1.82) is 0 Å². The molecule has 0 saturated carbocycles. The Balaban J connectivity index is 2.02. The van der Waals surface area contributed by atoms with E-state index in [1.165, 1.54) is 11.8 Å². The summed E-state index contributed by atoms with van der Waals surface area (Å²) in [5, 5.41) is 5.65. The fourth-order valence-corrected chi connectivity index (χ4v) is 3.76. The summed E-state index contributed by atoms with van der Waals surface area (Å²) in [7, 11) is 1.60. The molecule has 5 nitrogen and oxygen atoms in total. The number of hydrogen-bond acceptors (Lipinski definition) is 4. The first-order chi connectivity index (χ1) is 13.7. The van der Waals surface area contributed by atoms with E-state index in [0.29, 0.717) is 24.3 Å². The van der Waals surface area contributed by atoms with Crippen LogP contribution >= 0.6 is 11.8 Å². The Morgan fingerprint density at radius 3 is 2.31 bits per heavy atom. The van der Waals surface area contributed by atoms with E-state index in [2.05, 4.69) is 10.6 Å². The highest BCUT2D eigenvalue weighted by atomic mass is 32.2. The molecule has 0 aliphatic rings. The first-order valence-corrected chi connectivity index (χ1v) is 10.6. The number of carbonyl (C=O) groups is 2. The van der Waals surface area contributed by atoms with Gasteiger partial charge in [-0.2, -0.15) is 0 Å². The summed E-state index contributed by atoms with van der Waals surface area (Å²) in [5.74, 6) is 0.623. The summed E-state index contributed by atoms with van der Waals surface area (Å²) in [5.41, 5.74) is 1.38. The summed E-state index contributed by atoms with van der Waals surface area (Å²) < 4.78 is 5.20. The summed E-state index contributed by atoms with van der Waals surface area (Å²) in [6.45, 7) is 8.08. The van der Waals surface area contributed by atoms with E-state index in [1.54, 1.807) is 13.2 Å². The molecule has 0 radical (unpaired) electrons. The Bertz CT molecular complexity index is 846. The number of methoxy groups -OCH3 is 1. The normalized spacial score (nSPS) is 12.2. The van der Waals surface area contributed by atoms with Crippen LogP contribution in [0.25, 0.3) is 0 Å². The maximum Gasteiger partial charge on any atom is 0.237 e. The molecule has 0 aliphatic carbocycles. The van der Waals surface area contributed by atoms with Gasteiger partial charge in [-0.15, -0.1) is 11.8 Å². The van der Waals surface area contributed by atoms with Crippen LogP contribution in [-0.4, -0.2) is 24.2 Å². The second-order valence-electron chi connectivity index (χ2n) is 8.05. The summed E-state index contributed by atoms with van der Waals surface area (Å²) in [4.78, 5) is 25.9. The fraction of sp³-hybridized carbons (Fsp3) is 0.391. The predicted octanol–water partition coefficient (Wildman–Crippen LogP) is 5.58. The monoisotopic (exact) mass is 414 g/mol. The molecule has 2 aromatic carbocycles. The first-order valence-electron chi connectivity index (χ1n) is 9.71. The first kappa shape index (κ1) is 22.8. The third kappa shape index (κ3) is 7.81. The van der Waals surface area contributed by atoms with Crippen LogP contribution in [0, 0.1) is 5.41 Å². The topological polar surface area (TPSA) is 67.4 Å². The van der Waals surface area contributed by atoms with Crippen molar-refractivity contribution >= 4 is 35.0 Å². The zero-order chi connectivity index (χ0) is 21.4. The molecule has 0 spiro atoms. The van der Waals surface area contributed by atoms with Gasteiger partial charge < -0.3 is 15.4 Å². The van der Waals surface area contributed by atoms with Crippen LogP contribution in [0.4, 0.5) is 11.4 Å². The molecule has 0 aromatic heterocycles. The standard InChI is InChI=1S/C23H30N2O3S/c1-6-20(22(27)25-16-9-7-11-18(13-16)28-5)29-19-12-8-10-17(14-19)24-21(26)15-23(2,3)4/h7-14,20H,6,15H2,1-5H3,(H,24,26)(H,25,27). The maximum absolute atomic E-state index is 12.7. The van der Waals surface area contributed by atoms with E-state index in [0.717, 1.165) is 10.6 Å². The van der Waals surface area contributed by atoms with Gasteiger partial charge >= 0.3 is 0 Å². The fourth-order valence-electron chi connectivity index (χ4n) is 2.74. The minimum absolute atomic E-state index is 0.0116. The lowest BCUT2D eigenvalue weighted by molar-refractivity contribution is -0.118. The Labute approximate surface area is 177 Å². The highest BCUT2D eigenvalue weighted by Gasteiger charge is 2.19. The van der Waals surface area contributed by atoms with Crippen LogP contribution in [0.3, 0.4) is 0 Å². The SMILES string of the molecule is CCC(Sc1cccc(NC(=O)CC(C)(C)C)c1)C(=O)Nc1cccc(OC)c1. The number of ether oxygens (including phenoxy) is 1.